The second kappa shape index (κ2) is 7.67. The molecule has 4 rings (SSSR count). The van der Waals surface area contributed by atoms with E-state index in [0.717, 1.165) is 15.3 Å². The predicted octanol–water partition coefficient (Wildman–Crippen LogP) is 6.81. The number of hydrogen-bond acceptors (Lipinski definition) is 2. The highest BCUT2D eigenvalue weighted by Gasteiger charge is 2.23. The maximum absolute atomic E-state index is 3.64. The Morgan fingerprint density at radius 1 is 0.815 bits per heavy atom. The average molecular weight is 436 g/mol. The lowest BCUT2D eigenvalue weighted by Crippen LogP contribution is -2.34. The molecule has 3 aromatic carbocycles. The second-order valence-corrected chi connectivity index (χ2v) is 8.27. The van der Waals surface area contributed by atoms with E-state index in [9.17, 15) is 0 Å². The SMILES string of the molecule is Cc1ccccc1Nc1scc(-c2ccc(Br)cc2)[n+]1-c1ccccc1C. The number of rotatable bonds is 4. The van der Waals surface area contributed by atoms with E-state index in [1.54, 1.807) is 11.3 Å². The van der Waals surface area contributed by atoms with Crippen LogP contribution in [0.15, 0.2) is 82.6 Å². The molecule has 0 fully saturated rings. The molecule has 0 atom stereocenters. The van der Waals surface area contributed by atoms with Gasteiger partial charge in [-0.3, -0.25) is 0 Å². The fourth-order valence-corrected chi connectivity index (χ4v) is 4.31. The van der Waals surface area contributed by atoms with Gasteiger partial charge in [0, 0.05) is 15.4 Å². The molecule has 1 heterocycles. The molecule has 0 aliphatic heterocycles. The molecule has 27 heavy (non-hydrogen) atoms. The average Bonchev–Trinajstić information content (AvgIpc) is 3.08. The molecule has 0 saturated carbocycles. The summed E-state index contributed by atoms with van der Waals surface area (Å²) in [6.07, 6.45) is 0. The number of nitrogens with zero attached hydrogens (tertiary/aromatic N) is 1. The lowest BCUT2D eigenvalue weighted by molar-refractivity contribution is -0.564. The van der Waals surface area contributed by atoms with E-state index in [1.165, 1.54) is 28.1 Å². The van der Waals surface area contributed by atoms with Crippen LogP contribution in [0.4, 0.5) is 10.8 Å². The molecule has 0 saturated heterocycles. The molecule has 0 aliphatic rings. The van der Waals surface area contributed by atoms with Crippen molar-refractivity contribution in [3.63, 3.8) is 0 Å². The largest absolute Gasteiger partial charge is 0.344 e. The van der Waals surface area contributed by atoms with Crippen LogP contribution < -0.4 is 9.88 Å². The second-order valence-electron chi connectivity index (χ2n) is 6.49. The summed E-state index contributed by atoms with van der Waals surface area (Å²) in [7, 11) is 0. The van der Waals surface area contributed by atoms with Gasteiger partial charge in [-0.2, -0.15) is 4.57 Å². The van der Waals surface area contributed by atoms with E-state index in [-0.39, 0.29) is 0 Å². The number of halogens is 1. The third-order valence-electron chi connectivity index (χ3n) is 4.61. The molecule has 4 aromatic rings. The van der Waals surface area contributed by atoms with Crippen LogP contribution in [0.5, 0.6) is 0 Å². The number of nitrogens with one attached hydrogen (secondary N) is 1. The Kier molecular flexibility index (Phi) is 5.10. The molecule has 134 valence electrons. The van der Waals surface area contributed by atoms with Gasteiger partial charge < -0.3 is 0 Å². The first-order valence-electron chi connectivity index (χ1n) is 8.81. The van der Waals surface area contributed by atoms with E-state index in [0.29, 0.717) is 0 Å². The Morgan fingerprint density at radius 3 is 2.19 bits per heavy atom. The molecule has 0 spiro atoms. The smallest absolute Gasteiger partial charge is 0.231 e. The van der Waals surface area contributed by atoms with Gasteiger partial charge in [0.2, 0.25) is 0 Å². The molecule has 0 radical (unpaired) electrons. The quantitative estimate of drug-likeness (QED) is 0.347. The van der Waals surface area contributed by atoms with Crippen LogP contribution in [-0.2, 0) is 0 Å². The lowest BCUT2D eigenvalue weighted by atomic mass is 10.1. The number of benzene rings is 3. The number of para-hydroxylation sites is 2. The van der Waals surface area contributed by atoms with Crippen LogP contribution in [0.3, 0.4) is 0 Å². The van der Waals surface area contributed by atoms with Crippen molar-refractivity contribution in [3.8, 4) is 16.9 Å². The Hall–Kier alpha value is -2.43. The maximum Gasteiger partial charge on any atom is 0.344 e. The van der Waals surface area contributed by atoms with E-state index in [2.05, 4.69) is 118 Å². The molecule has 0 amide bonds. The van der Waals surface area contributed by atoms with Gasteiger partial charge in [-0.1, -0.05) is 63.7 Å². The summed E-state index contributed by atoms with van der Waals surface area (Å²) in [5.41, 5.74) is 7.16. The molecule has 1 N–H and O–H groups in total. The van der Waals surface area contributed by atoms with Gasteiger partial charge in [-0.05, 0) is 61.4 Å². The minimum atomic E-state index is 1.09. The Morgan fingerprint density at radius 2 is 1.48 bits per heavy atom. The van der Waals surface area contributed by atoms with Crippen LogP contribution in [0.25, 0.3) is 16.9 Å². The van der Waals surface area contributed by atoms with Crippen molar-refractivity contribution in [2.24, 2.45) is 0 Å². The van der Waals surface area contributed by atoms with Crippen LogP contribution in [-0.4, -0.2) is 0 Å². The van der Waals surface area contributed by atoms with Gasteiger partial charge in [0.15, 0.2) is 5.69 Å². The highest BCUT2D eigenvalue weighted by molar-refractivity contribution is 9.10. The summed E-state index contributed by atoms with van der Waals surface area (Å²) >= 11 is 5.26. The van der Waals surface area contributed by atoms with Crippen molar-refractivity contribution in [1.82, 2.24) is 0 Å². The summed E-state index contributed by atoms with van der Waals surface area (Å²) in [6.45, 7) is 4.28. The fraction of sp³-hybridized carbons (Fsp3) is 0.0870. The summed E-state index contributed by atoms with van der Waals surface area (Å²) < 4.78 is 3.40. The summed E-state index contributed by atoms with van der Waals surface area (Å²) in [6, 6.07) is 25.4. The Bertz CT molecular complexity index is 1080. The first-order chi connectivity index (χ1) is 13.1. The van der Waals surface area contributed by atoms with E-state index in [4.69, 9.17) is 0 Å². The molecular weight excluding hydrogens is 416 g/mol. The Labute approximate surface area is 172 Å². The van der Waals surface area contributed by atoms with Crippen molar-refractivity contribution in [2.45, 2.75) is 13.8 Å². The standard InChI is InChI=1S/C23H19BrN2S/c1-16-7-3-5-9-20(16)25-23-26(21-10-6-4-8-17(21)2)22(15-27-23)18-11-13-19(24)14-12-18/h3-15H,1-2H3/p+1. The Balaban J connectivity index is 1.88. The van der Waals surface area contributed by atoms with Crippen molar-refractivity contribution in [1.29, 1.82) is 0 Å². The molecule has 0 bridgehead atoms. The summed E-state index contributed by atoms with van der Waals surface area (Å²) in [5.74, 6) is 0. The van der Waals surface area contributed by atoms with Gasteiger partial charge in [0.25, 0.3) is 0 Å². The number of hydrogen-bond donors (Lipinski definition) is 1. The zero-order chi connectivity index (χ0) is 18.8. The van der Waals surface area contributed by atoms with Crippen LogP contribution in [0.1, 0.15) is 11.1 Å². The van der Waals surface area contributed by atoms with Crippen LogP contribution in [0, 0.1) is 13.8 Å². The number of aromatic nitrogens is 1. The van der Waals surface area contributed by atoms with Gasteiger partial charge in [0.1, 0.15) is 11.4 Å². The van der Waals surface area contributed by atoms with Gasteiger partial charge >= 0.3 is 5.13 Å². The van der Waals surface area contributed by atoms with Crippen molar-refractivity contribution < 1.29 is 4.57 Å². The lowest BCUT2D eigenvalue weighted by Gasteiger charge is -2.09. The zero-order valence-corrected chi connectivity index (χ0v) is 17.6. The molecule has 4 heteroatoms. The molecule has 0 unspecified atom stereocenters. The third-order valence-corrected chi connectivity index (χ3v) is 5.99. The number of aryl methyl sites for hydroxylation is 2. The molecule has 1 aromatic heterocycles. The zero-order valence-electron chi connectivity index (χ0n) is 15.2. The molecular formula is C23H20BrN2S+. The highest BCUT2D eigenvalue weighted by atomic mass is 79.9. The summed E-state index contributed by atoms with van der Waals surface area (Å²) in [4.78, 5) is 0. The highest BCUT2D eigenvalue weighted by Crippen LogP contribution is 2.30. The minimum absolute atomic E-state index is 1.09. The van der Waals surface area contributed by atoms with Gasteiger partial charge in [0.05, 0.1) is 0 Å². The van der Waals surface area contributed by atoms with Crippen molar-refractivity contribution in [3.05, 3.63) is 93.8 Å². The van der Waals surface area contributed by atoms with Gasteiger partial charge in [-0.25, -0.2) is 5.32 Å². The van der Waals surface area contributed by atoms with Crippen molar-refractivity contribution >= 4 is 38.1 Å². The first kappa shape index (κ1) is 18.0. The predicted molar refractivity (Wildman–Crippen MR) is 118 cm³/mol. The first-order valence-corrected chi connectivity index (χ1v) is 10.5. The van der Waals surface area contributed by atoms with E-state index in [1.807, 2.05) is 0 Å². The van der Waals surface area contributed by atoms with Crippen molar-refractivity contribution in [2.75, 3.05) is 5.32 Å². The molecule has 2 nitrogen and oxygen atoms in total. The number of anilines is 2. The summed E-state index contributed by atoms with van der Waals surface area (Å²) in [5, 5.41) is 6.95. The number of thiazole rings is 1. The maximum atomic E-state index is 3.64. The van der Waals surface area contributed by atoms with E-state index >= 15 is 0 Å². The monoisotopic (exact) mass is 435 g/mol. The normalized spacial score (nSPS) is 10.8. The minimum Gasteiger partial charge on any atom is -0.231 e. The third kappa shape index (κ3) is 3.68. The van der Waals surface area contributed by atoms with Crippen LogP contribution in [0.2, 0.25) is 0 Å². The molecule has 0 aliphatic carbocycles. The topological polar surface area (TPSA) is 15.9 Å². The van der Waals surface area contributed by atoms with Crippen LogP contribution >= 0.6 is 27.3 Å². The fourth-order valence-electron chi connectivity index (χ4n) is 3.11. The van der Waals surface area contributed by atoms with E-state index < -0.39 is 0 Å². The van der Waals surface area contributed by atoms with Gasteiger partial charge in [-0.15, -0.1) is 0 Å².